The van der Waals surface area contributed by atoms with E-state index in [1.807, 2.05) is 64.1 Å². The Bertz CT molecular complexity index is 1490. The fourth-order valence-corrected chi connectivity index (χ4v) is 6.54. The maximum absolute atomic E-state index is 14.3. The molecule has 1 unspecified atom stereocenters. The number of methoxy groups -OCH3 is 2. The average Bonchev–Trinajstić information content (AvgIpc) is 3.01. The zero-order valence-electron chi connectivity index (χ0n) is 26.6. The second kappa shape index (κ2) is 16.1. The van der Waals surface area contributed by atoms with E-state index in [0.29, 0.717) is 30.8 Å². The second-order valence-corrected chi connectivity index (χ2v) is 12.6. The summed E-state index contributed by atoms with van der Waals surface area (Å²) in [6.45, 7) is 7.91. The largest absolute Gasteiger partial charge is 0.493 e. The first kappa shape index (κ1) is 34.4. The van der Waals surface area contributed by atoms with Gasteiger partial charge in [0.05, 0.1) is 24.8 Å². The first-order chi connectivity index (χ1) is 21.0. The van der Waals surface area contributed by atoms with Gasteiger partial charge in [-0.25, -0.2) is 8.42 Å². The number of nitrogens with zero attached hydrogens (tertiary/aromatic N) is 2. The fourth-order valence-electron chi connectivity index (χ4n) is 5.13. The Morgan fingerprint density at radius 3 is 2.14 bits per heavy atom. The summed E-state index contributed by atoms with van der Waals surface area (Å²) in [6.07, 6.45) is 2.64. The van der Waals surface area contributed by atoms with Crippen LogP contribution in [0.3, 0.4) is 0 Å². The summed E-state index contributed by atoms with van der Waals surface area (Å²) in [5.41, 5.74) is 3.06. The van der Waals surface area contributed by atoms with Gasteiger partial charge in [0.15, 0.2) is 11.5 Å². The van der Waals surface area contributed by atoms with Gasteiger partial charge < -0.3 is 19.7 Å². The van der Waals surface area contributed by atoms with Crippen LogP contribution in [0.5, 0.6) is 11.5 Å². The number of aryl methyl sites for hydroxylation is 2. The molecule has 0 saturated carbocycles. The van der Waals surface area contributed by atoms with Crippen LogP contribution >= 0.6 is 0 Å². The number of benzene rings is 3. The van der Waals surface area contributed by atoms with Gasteiger partial charge in [-0.05, 0) is 74.1 Å². The summed E-state index contributed by atoms with van der Waals surface area (Å²) in [5, 5.41) is 2.96. The van der Waals surface area contributed by atoms with Crippen LogP contribution in [0, 0.1) is 13.8 Å². The molecular weight excluding hydrogens is 578 g/mol. The molecule has 1 N–H and O–H groups in total. The first-order valence-electron chi connectivity index (χ1n) is 15.0. The van der Waals surface area contributed by atoms with Crippen LogP contribution in [0.2, 0.25) is 0 Å². The minimum absolute atomic E-state index is 0.0534. The number of nitrogens with one attached hydrogen (secondary N) is 1. The lowest BCUT2D eigenvalue weighted by molar-refractivity contribution is -0.139. The Labute approximate surface area is 262 Å². The van der Waals surface area contributed by atoms with Gasteiger partial charge in [-0.15, -0.1) is 0 Å². The smallest absolute Gasteiger partial charge is 0.264 e. The lowest BCUT2D eigenvalue weighted by Gasteiger charge is -2.33. The summed E-state index contributed by atoms with van der Waals surface area (Å²) in [4.78, 5) is 29.1. The normalized spacial score (nSPS) is 11.9. The van der Waals surface area contributed by atoms with Crippen molar-refractivity contribution < 1.29 is 27.5 Å². The molecule has 0 heterocycles. The molecule has 0 fully saturated rings. The highest BCUT2D eigenvalue weighted by Gasteiger charge is 2.34. The third-order valence-corrected chi connectivity index (χ3v) is 9.19. The molecule has 9 nitrogen and oxygen atoms in total. The highest BCUT2D eigenvalue weighted by molar-refractivity contribution is 7.92. The minimum atomic E-state index is -4.26. The topological polar surface area (TPSA) is 105 Å². The van der Waals surface area contributed by atoms with Crippen molar-refractivity contribution in [2.75, 3.05) is 38.2 Å². The Balaban J connectivity index is 2.07. The van der Waals surface area contributed by atoms with Gasteiger partial charge >= 0.3 is 0 Å². The zero-order chi connectivity index (χ0) is 32.3. The average molecular weight is 624 g/mol. The second-order valence-electron chi connectivity index (χ2n) is 10.8. The van der Waals surface area contributed by atoms with Gasteiger partial charge in [0.25, 0.3) is 10.0 Å². The van der Waals surface area contributed by atoms with Crippen molar-refractivity contribution >= 4 is 27.5 Å². The molecule has 3 rings (SSSR count). The van der Waals surface area contributed by atoms with Gasteiger partial charge in [0, 0.05) is 19.2 Å². The molecule has 1 atom stereocenters. The van der Waals surface area contributed by atoms with Gasteiger partial charge in [-0.3, -0.25) is 13.9 Å². The van der Waals surface area contributed by atoms with E-state index in [1.54, 1.807) is 12.1 Å². The number of hydrogen-bond donors (Lipinski definition) is 1. The van der Waals surface area contributed by atoms with Crippen molar-refractivity contribution in [3.63, 3.8) is 0 Å². The van der Waals surface area contributed by atoms with Crippen molar-refractivity contribution in [3.05, 3.63) is 83.4 Å². The fraction of sp³-hybridized carbons (Fsp3) is 0.412. The number of unbranched alkanes of at least 4 members (excludes halogenated alkanes) is 1. The number of hydrogen-bond acceptors (Lipinski definition) is 6. The Morgan fingerprint density at radius 1 is 0.886 bits per heavy atom. The van der Waals surface area contributed by atoms with Crippen LogP contribution in [0.1, 0.15) is 49.8 Å². The molecule has 44 heavy (non-hydrogen) atoms. The Morgan fingerprint density at radius 2 is 1.55 bits per heavy atom. The number of sulfonamides is 1. The third-order valence-electron chi connectivity index (χ3n) is 7.42. The van der Waals surface area contributed by atoms with Crippen LogP contribution in [0.4, 0.5) is 5.69 Å². The van der Waals surface area contributed by atoms with Gasteiger partial charge in [-0.2, -0.15) is 0 Å². The van der Waals surface area contributed by atoms with E-state index in [2.05, 4.69) is 5.32 Å². The molecule has 10 heteroatoms. The standard InChI is InChI=1S/C34H45N3O6S/c1-7-9-18-35-34(39)30(8-2)36(19-17-27-13-11-10-12-14-27)33(38)24-37(28-21-25(3)20-26(4)22-28)44(40,41)29-15-16-31(42-5)32(23-29)43-6/h10-16,20-23,30H,7-9,17-19,24H2,1-6H3,(H,35,39). The quantitative estimate of drug-likeness (QED) is 0.218. The molecule has 0 saturated heterocycles. The zero-order valence-corrected chi connectivity index (χ0v) is 27.4. The van der Waals surface area contributed by atoms with Gasteiger partial charge in [-0.1, -0.05) is 56.7 Å². The molecule has 3 aromatic rings. The summed E-state index contributed by atoms with van der Waals surface area (Å²) < 4.78 is 40.4. The van der Waals surface area contributed by atoms with Crippen molar-refractivity contribution in [2.45, 2.75) is 64.3 Å². The van der Waals surface area contributed by atoms with Crippen molar-refractivity contribution in [3.8, 4) is 11.5 Å². The van der Waals surface area contributed by atoms with Crippen LogP contribution in [-0.2, 0) is 26.0 Å². The molecule has 2 amide bonds. The van der Waals surface area contributed by atoms with Crippen molar-refractivity contribution in [1.82, 2.24) is 10.2 Å². The third kappa shape index (κ3) is 8.75. The van der Waals surface area contributed by atoms with E-state index < -0.39 is 28.5 Å². The highest BCUT2D eigenvalue weighted by atomic mass is 32.2. The number of carbonyl (C=O) groups excluding carboxylic acids is 2. The molecule has 0 aliphatic carbocycles. The van der Waals surface area contributed by atoms with E-state index >= 15 is 0 Å². The molecule has 0 aromatic heterocycles. The maximum atomic E-state index is 14.3. The monoisotopic (exact) mass is 623 g/mol. The van der Waals surface area contributed by atoms with Gasteiger partial charge in [0.1, 0.15) is 12.6 Å². The summed E-state index contributed by atoms with van der Waals surface area (Å²) in [6, 6.07) is 18.7. The van der Waals surface area contributed by atoms with Crippen LogP contribution in [-0.4, -0.2) is 65.0 Å². The Kier molecular flexibility index (Phi) is 12.6. The molecule has 0 spiro atoms. The number of rotatable bonds is 16. The minimum Gasteiger partial charge on any atom is -0.493 e. The lowest BCUT2D eigenvalue weighted by atomic mass is 10.1. The van der Waals surface area contributed by atoms with E-state index in [4.69, 9.17) is 9.47 Å². The summed E-state index contributed by atoms with van der Waals surface area (Å²) in [5.74, 6) is -0.0864. The predicted octanol–water partition coefficient (Wildman–Crippen LogP) is 5.28. The van der Waals surface area contributed by atoms with E-state index in [-0.39, 0.29) is 23.1 Å². The molecule has 0 aliphatic heterocycles. The molecule has 0 bridgehead atoms. The van der Waals surface area contributed by atoms with Crippen molar-refractivity contribution in [1.29, 1.82) is 0 Å². The summed E-state index contributed by atoms with van der Waals surface area (Å²) >= 11 is 0. The highest BCUT2D eigenvalue weighted by Crippen LogP contribution is 2.33. The predicted molar refractivity (Wildman–Crippen MR) is 174 cm³/mol. The molecule has 0 aliphatic rings. The van der Waals surface area contributed by atoms with Gasteiger partial charge in [0.2, 0.25) is 11.8 Å². The van der Waals surface area contributed by atoms with Crippen LogP contribution in [0.15, 0.2) is 71.6 Å². The van der Waals surface area contributed by atoms with E-state index in [9.17, 15) is 18.0 Å². The maximum Gasteiger partial charge on any atom is 0.264 e. The number of anilines is 1. The van der Waals surface area contributed by atoms with E-state index in [1.165, 1.54) is 37.3 Å². The first-order valence-corrected chi connectivity index (χ1v) is 16.4. The Hall–Kier alpha value is -4.05. The lowest BCUT2D eigenvalue weighted by Crippen LogP contribution is -2.53. The molecule has 0 radical (unpaired) electrons. The number of amides is 2. The van der Waals surface area contributed by atoms with E-state index in [0.717, 1.165) is 33.8 Å². The number of ether oxygens (including phenoxy) is 2. The SMILES string of the molecule is CCCCNC(=O)C(CC)N(CCc1ccccc1)C(=O)CN(c1cc(C)cc(C)c1)S(=O)(=O)c1ccc(OC)c(OC)c1. The van der Waals surface area contributed by atoms with Crippen LogP contribution in [0.25, 0.3) is 0 Å². The molecule has 3 aromatic carbocycles. The van der Waals surface area contributed by atoms with Crippen molar-refractivity contribution in [2.24, 2.45) is 0 Å². The van der Waals surface area contributed by atoms with Crippen LogP contribution < -0.4 is 19.1 Å². The molecule has 238 valence electrons. The molecular formula is C34H45N3O6S. The number of carbonyl (C=O) groups is 2. The summed E-state index contributed by atoms with van der Waals surface area (Å²) in [7, 11) is -1.36.